The highest BCUT2D eigenvalue weighted by Crippen LogP contribution is 2.28. The Morgan fingerprint density at radius 1 is 1.42 bits per heavy atom. The van der Waals surface area contributed by atoms with Gasteiger partial charge < -0.3 is 0 Å². The molecular formula is C11H11Br. The molecule has 0 nitrogen and oxygen atoms in total. The van der Waals surface area contributed by atoms with Gasteiger partial charge in [-0.25, -0.2) is 0 Å². The molecular weight excluding hydrogens is 212 g/mol. The zero-order valence-electron chi connectivity index (χ0n) is 7.10. The zero-order valence-corrected chi connectivity index (χ0v) is 8.69. The molecule has 0 atom stereocenters. The fraction of sp³-hybridized carbons (Fsp3) is 0.273. The first-order valence-corrected chi connectivity index (χ1v) is 5.27. The van der Waals surface area contributed by atoms with Gasteiger partial charge in [-0.1, -0.05) is 45.8 Å². The van der Waals surface area contributed by atoms with E-state index in [1.165, 1.54) is 22.3 Å². The molecule has 0 N–H and O–H groups in total. The van der Waals surface area contributed by atoms with Crippen LogP contribution in [0.15, 0.2) is 23.8 Å². The molecule has 62 valence electrons. The molecule has 0 aliphatic heterocycles. The molecule has 0 amide bonds. The second-order valence-corrected chi connectivity index (χ2v) is 3.85. The molecule has 0 saturated heterocycles. The standard InChI is InChI=1S/C11H11Br/c1-8-5-9-3-2-4-10(7-12)11(9)6-8/h2-5H,6-7H2,1H3. The Kier molecular flexibility index (Phi) is 2.05. The molecule has 0 aromatic heterocycles. The first-order chi connectivity index (χ1) is 5.81. The highest BCUT2D eigenvalue weighted by Gasteiger charge is 2.11. The maximum Gasteiger partial charge on any atom is 0.0286 e. The summed E-state index contributed by atoms with van der Waals surface area (Å²) in [6, 6.07) is 6.52. The summed E-state index contributed by atoms with van der Waals surface area (Å²) in [7, 11) is 0. The number of alkyl halides is 1. The van der Waals surface area contributed by atoms with Crippen LogP contribution in [0.4, 0.5) is 0 Å². The van der Waals surface area contributed by atoms with Crippen molar-refractivity contribution in [2.45, 2.75) is 18.7 Å². The third kappa shape index (κ3) is 1.22. The molecule has 0 spiro atoms. The maximum atomic E-state index is 3.51. The zero-order chi connectivity index (χ0) is 8.55. The Labute approximate surface area is 81.4 Å². The van der Waals surface area contributed by atoms with Gasteiger partial charge in [-0.2, -0.15) is 0 Å². The van der Waals surface area contributed by atoms with Crippen molar-refractivity contribution >= 4 is 22.0 Å². The van der Waals surface area contributed by atoms with E-state index < -0.39 is 0 Å². The van der Waals surface area contributed by atoms with Crippen LogP contribution in [-0.2, 0) is 11.8 Å². The molecule has 0 radical (unpaired) electrons. The van der Waals surface area contributed by atoms with Crippen molar-refractivity contribution in [1.29, 1.82) is 0 Å². The molecule has 1 heteroatoms. The van der Waals surface area contributed by atoms with E-state index in [0.29, 0.717) is 0 Å². The minimum absolute atomic E-state index is 0.970. The molecule has 0 unspecified atom stereocenters. The fourth-order valence-electron chi connectivity index (χ4n) is 1.73. The third-order valence-corrected chi connectivity index (χ3v) is 2.91. The van der Waals surface area contributed by atoms with Gasteiger partial charge in [0, 0.05) is 5.33 Å². The Hall–Kier alpha value is -0.560. The molecule has 0 saturated carbocycles. The number of halogens is 1. The lowest BCUT2D eigenvalue weighted by atomic mass is 10.0. The van der Waals surface area contributed by atoms with E-state index in [9.17, 15) is 0 Å². The normalized spacial score (nSPS) is 14.3. The number of hydrogen-bond acceptors (Lipinski definition) is 0. The highest BCUT2D eigenvalue weighted by atomic mass is 79.9. The lowest BCUT2D eigenvalue weighted by molar-refractivity contribution is 1.16. The summed E-state index contributed by atoms with van der Waals surface area (Å²) in [5.41, 5.74) is 5.82. The summed E-state index contributed by atoms with van der Waals surface area (Å²) in [4.78, 5) is 0. The van der Waals surface area contributed by atoms with Crippen molar-refractivity contribution in [1.82, 2.24) is 0 Å². The van der Waals surface area contributed by atoms with E-state index in [4.69, 9.17) is 0 Å². The van der Waals surface area contributed by atoms with E-state index >= 15 is 0 Å². The van der Waals surface area contributed by atoms with E-state index in [0.717, 1.165) is 11.8 Å². The van der Waals surface area contributed by atoms with E-state index in [2.05, 4.69) is 47.1 Å². The smallest absolute Gasteiger partial charge is 0.0286 e. The van der Waals surface area contributed by atoms with Crippen LogP contribution in [-0.4, -0.2) is 0 Å². The van der Waals surface area contributed by atoms with Gasteiger partial charge >= 0.3 is 0 Å². The van der Waals surface area contributed by atoms with Crippen LogP contribution < -0.4 is 0 Å². The molecule has 2 rings (SSSR count). The van der Waals surface area contributed by atoms with Crippen LogP contribution in [0.25, 0.3) is 6.08 Å². The summed E-state index contributed by atoms with van der Waals surface area (Å²) in [6.45, 7) is 2.19. The number of fused-ring (bicyclic) bond motifs is 1. The number of hydrogen-bond donors (Lipinski definition) is 0. The SMILES string of the molecule is CC1=Cc2cccc(CBr)c2C1. The summed E-state index contributed by atoms with van der Waals surface area (Å²) in [6.07, 6.45) is 3.42. The van der Waals surface area contributed by atoms with Crippen LogP contribution in [0.1, 0.15) is 23.6 Å². The topological polar surface area (TPSA) is 0 Å². The lowest BCUT2D eigenvalue weighted by Crippen LogP contribution is -1.89. The van der Waals surface area contributed by atoms with Crippen LogP contribution in [0.5, 0.6) is 0 Å². The molecule has 0 bridgehead atoms. The summed E-state index contributed by atoms with van der Waals surface area (Å²) in [5, 5.41) is 0.970. The Morgan fingerprint density at radius 3 is 3.00 bits per heavy atom. The molecule has 1 aromatic carbocycles. The Morgan fingerprint density at radius 2 is 2.25 bits per heavy atom. The van der Waals surface area contributed by atoms with Crippen molar-refractivity contribution in [3.63, 3.8) is 0 Å². The first kappa shape index (κ1) is 8.06. The molecule has 0 heterocycles. The second-order valence-electron chi connectivity index (χ2n) is 3.29. The number of rotatable bonds is 1. The third-order valence-electron chi connectivity index (χ3n) is 2.31. The van der Waals surface area contributed by atoms with Crippen molar-refractivity contribution < 1.29 is 0 Å². The van der Waals surface area contributed by atoms with Crippen LogP contribution >= 0.6 is 15.9 Å². The Bertz CT molecular complexity index is 337. The predicted molar refractivity (Wildman–Crippen MR) is 56.4 cm³/mol. The average Bonchev–Trinajstić information content (AvgIpc) is 2.44. The fourth-order valence-corrected chi connectivity index (χ4v) is 2.25. The largest absolute Gasteiger partial charge is 0.0876 e. The van der Waals surface area contributed by atoms with Gasteiger partial charge in [0.2, 0.25) is 0 Å². The van der Waals surface area contributed by atoms with Crippen molar-refractivity contribution in [2.24, 2.45) is 0 Å². The van der Waals surface area contributed by atoms with Crippen LogP contribution in [0, 0.1) is 0 Å². The van der Waals surface area contributed by atoms with Gasteiger partial charge in [-0.15, -0.1) is 0 Å². The molecule has 1 aliphatic carbocycles. The quantitative estimate of drug-likeness (QED) is 0.638. The van der Waals surface area contributed by atoms with Crippen LogP contribution in [0.2, 0.25) is 0 Å². The first-order valence-electron chi connectivity index (χ1n) is 4.15. The van der Waals surface area contributed by atoms with Gasteiger partial charge in [0.15, 0.2) is 0 Å². The predicted octanol–water partition coefficient (Wildman–Crippen LogP) is 3.54. The average molecular weight is 223 g/mol. The molecule has 0 fully saturated rings. The lowest BCUT2D eigenvalue weighted by Gasteiger charge is -2.04. The molecule has 1 aliphatic rings. The van der Waals surface area contributed by atoms with Crippen molar-refractivity contribution in [3.8, 4) is 0 Å². The van der Waals surface area contributed by atoms with Crippen molar-refractivity contribution in [2.75, 3.05) is 0 Å². The van der Waals surface area contributed by atoms with E-state index in [-0.39, 0.29) is 0 Å². The second kappa shape index (κ2) is 3.06. The minimum Gasteiger partial charge on any atom is -0.0876 e. The Balaban J connectivity index is 2.51. The molecule has 1 aromatic rings. The van der Waals surface area contributed by atoms with Gasteiger partial charge in [-0.05, 0) is 30.0 Å². The van der Waals surface area contributed by atoms with E-state index in [1.54, 1.807) is 0 Å². The summed E-state index contributed by atoms with van der Waals surface area (Å²) in [5.74, 6) is 0. The van der Waals surface area contributed by atoms with Gasteiger partial charge in [0.05, 0.1) is 0 Å². The van der Waals surface area contributed by atoms with Crippen LogP contribution in [0.3, 0.4) is 0 Å². The maximum absolute atomic E-state index is 3.51. The number of allylic oxidation sites excluding steroid dienone is 1. The monoisotopic (exact) mass is 222 g/mol. The van der Waals surface area contributed by atoms with Gasteiger partial charge in [0.25, 0.3) is 0 Å². The number of benzene rings is 1. The highest BCUT2D eigenvalue weighted by molar-refractivity contribution is 9.08. The minimum atomic E-state index is 0.970. The summed E-state index contributed by atoms with van der Waals surface area (Å²) >= 11 is 3.51. The summed E-state index contributed by atoms with van der Waals surface area (Å²) < 4.78 is 0. The van der Waals surface area contributed by atoms with Crippen molar-refractivity contribution in [3.05, 3.63) is 40.5 Å². The van der Waals surface area contributed by atoms with E-state index in [1.807, 2.05) is 0 Å². The van der Waals surface area contributed by atoms with Gasteiger partial charge in [-0.3, -0.25) is 0 Å². The molecule has 12 heavy (non-hydrogen) atoms. The van der Waals surface area contributed by atoms with Gasteiger partial charge in [0.1, 0.15) is 0 Å².